The predicted molar refractivity (Wildman–Crippen MR) is 192 cm³/mol. The van der Waals surface area contributed by atoms with Gasteiger partial charge in [-0.05, 0) is 125 Å². The van der Waals surface area contributed by atoms with Crippen LogP contribution in [-0.2, 0) is 11.3 Å². The molecule has 8 heteroatoms. The first-order chi connectivity index (χ1) is 23.2. The van der Waals surface area contributed by atoms with Crippen LogP contribution in [-0.4, -0.2) is 59.9 Å². The van der Waals surface area contributed by atoms with Gasteiger partial charge in [-0.25, -0.2) is 4.79 Å². The van der Waals surface area contributed by atoms with Gasteiger partial charge in [-0.3, -0.25) is 9.59 Å². The second-order valence-corrected chi connectivity index (χ2v) is 13.0. The second kappa shape index (κ2) is 19.0. The fraction of sp³-hybridized carbons (Fsp3) is 0.475. The monoisotopic (exact) mass is 655 g/mol. The number of carbonyl (C=O) groups is 3. The van der Waals surface area contributed by atoms with Crippen LogP contribution in [0.15, 0.2) is 72.8 Å². The van der Waals surface area contributed by atoms with Gasteiger partial charge in [-0.2, -0.15) is 0 Å². The number of carbonyl (C=O) groups excluding carboxylic acids is 3. The van der Waals surface area contributed by atoms with Crippen LogP contribution < -0.4 is 14.8 Å². The van der Waals surface area contributed by atoms with Gasteiger partial charge < -0.3 is 24.6 Å². The molecule has 1 aliphatic heterocycles. The molecule has 0 spiro atoms. The van der Waals surface area contributed by atoms with Gasteiger partial charge >= 0.3 is 5.97 Å². The van der Waals surface area contributed by atoms with E-state index in [-0.39, 0.29) is 11.8 Å². The lowest BCUT2D eigenvalue weighted by molar-refractivity contribution is -0.117. The standard InChI is InChI=1S/C40H53N3O5/c1-5-7-8-9-10-27-47-36-21-15-34(16-22-36)40(46)48-37-19-11-32(12-20-37)29-42(6-2)39(45)33-13-17-35(18-14-33)41-38(44)28-31-23-25-43(26-24-31)30(3)4/h11-22,30-31H,5-10,23-29H2,1-4H3,(H,41,44). The van der Waals surface area contributed by atoms with Crippen LogP contribution in [0, 0.1) is 5.92 Å². The van der Waals surface area contributed by atoms with Gasteiger partial charge in [0.25, 0.3) is 5.91 Å². The molecule has 1 aliphatic rings. The molecule has 0 unspecified atom stereocenters. The third-order valence-corrected chi connectivity index (χ3v) is 9.05. The number of rotatable bonds is 17. The summed E-state index contributed by atoms with van der Waals surface area (Å²) in [5, 5.41) is 3.00. The number of piperidine rings is 1. The highest BCUT2D eigenvalue weighted by Crippen LogP contribution is 2.23. The summed E-state index contributed by atoms with van der Waals surface area (Å²) < 4.78 is 11.4. The number of likely N-dealkylation sites (tertiary alicyclic amines) is 1. The number of amides is 2. The fourth-order valence-electron chi connectivity index (χ4n) is 5.99. The fourth-order valence-corrected chi connectivity index (χ4v) is 5.99. The Morgan fingerprint density at radius 3 is 2.06 bits per heavy atom. The normalized spacial score (nSPS) is 13.7. The Bertz CT molecular complexity index is 1430. The second-order valence-electron chi connectivity index (χ2n) is 13.0. The summed E-state index contributed by atoms with van der Waals surface area (Å²) >= 11 is 0. The first kappa shape index (κ1) is 36.7. The van der Waals surface area contributed by atoms with Gasteiger partial charge in [-0.1, -0.05) is 44.7 Å². The summed E-state index contributed by atoms with van der Waals surface area (Å²) in [7, 11) is 0. The lowest BCUT2D eigenvalue weighted by Gasteiger charge is -2.34. The molecule has 0 aromatic heterocycles. The van der Waals surface area contributed by atoms with Crippen molar-refractivity contribution in [1.82, 2.24) is 9.80 Å². The van der Waals surface area contributed by atoms with E-state index in [9.17, 15) is 14.4 Å². The van der Waals surface area contributed by atoms with Gasteiger partial charge in [-0.15, -0.1) is 0 Å². The number of nitrogens with zero attached hydrogens (tertiary/aromatic N) is 2. The lowest BCUT2D eigenvalue weighted by atomic mass is 9.92. The molecule has 0 radical (unpaired) electrons. The Labute approximate surface area is 286 Å². The van der Waals surface area contributed by atoms with E-state index in [0.717, 1.165) is 50.1 Å². The van der Waals surface area contributed by atoms with E-state index in [1.54, 1.807) is 65.6 Å². The van der Waals surface area contributed by atoms with Crippen molar-refractivity contribution in [3.63, 3.8) is 0 Å². The third-order valence-electron chi connectivity index (χ3n) is 9.05. The Morgan fingerprint density at radius 2 is 1.44 bits per heavy atom. The van der Waals surface area contributed by atoms with Crippen LogP contribution in [0.2, 0.25) is 0 Å². The van der Waals surface area contributed by atoms with Crippen molar-refractivity contribution in [3.05, 3.63) is 89.5 Å². The van der Waals surface area contributed by atoms with E-state index in [1.807, 2.05) is 19.1 Å². The van der Waals surface area contributed by atoms with Crippen LogP contribution >= 0.6 is 0 Å². The highest BCUT2D eigenvalue weighted by atomic mass is 16.5. The average Bonchev–Trinajstić information content (AvgIpc) is 3.10. The molecule has 1 saturated heterocycles. The number of nitrogens with one attached hydrogen (secondary N) is 1. The minimum Gasteiger partial charge on any atom is -0.494 e. The molecule has 48 heavy (non-hydrogen) atoms. The van der Waals surface area contributed by atoms with Crippen LogP contribution in [0.5, 0.6) is 11.5 Å². The maximum Gasteiger partial charge on any atom is 0.343 e. The SMILES string of the molecule is CCCCCCCOc1ccc(C(=O)Oc2ccc(CN(CC)C(=O)c3ccc(NC(=O)CC4CCN(C(C)C)CC4)cc3)cc2)cc1. The Hall–Kier alpha value is -4.17. The summed E-state index contributed by atoms with van der Waals surface area (Å²) in [6, 6.07) is 21.9. The maximum absolute atomic E-state index is 13.3. The molecule has 8 nitrogen and oxygen atoms in total. The largest absolute Gasteiger partial charge is 0.494 e. The zero-order valence-corrected chi connectivity index (χ0v) is 29.2. The van der Waals surface area contributed by atoms with Crippen molar-refractivity contribution < 1.29 is 23.9 Å². The Balaban J connectivity index is 1.21. The minimum absolute atomic E-state index is 0.0210. The molecule has 0 bridgehead atoms. The number of unbranched alkanes of at least 4 members (excludes halogenated alkanes) is 4. The van der Waals surface area contributed by atoms with E-state index in [4.69, 9.17) is 9.47 Å². The molecule has 0 saturated carbocycles. The van der Waals surface area contributed by atoms with E-state index in [2.05, 4.69) is 31.0 Å². The molecule has 1 fully saturated rings. The van der Waals surface area contributed by atoms with Crippen molar-refractivity contribution in [2.45, 2.75) is 91.6 Å². The zero-order chi connectivity index (χ0) is 34.3. The number of ether oxygens (including phenoxy) is 2. The van der Waals surface area contributed by atoms with E-state index >= 15 is 0 Å². The molecular weight excluding hydrogens is 602 g/mol. The van der Waals surface area contributed by atoms with Gasteiger partial charge in [0.2, 0.25) is 5.91 Å². The molecule has 4 rings (SSSR count). The van der Waals surface area contributed by atoms with Gasteiger partial charge in [0.1, 0.15) is 11.5 Å². The zero-order valence-electron chi connectivity index (χ0n) is 29.2. The molecule has 2 amide bonds. The summed E-state index contributed by atoms with van der Waals surface area (Å²) in [5.74, 6) is 1.08. The highest BCUT2D eigenvalue weighted by Gasteiger charge is 2.23. The molecular formula is C40H53N3O5. The van der Waals surface area contributed by atoms with Crippen LogP contribution in [0.1, 0.15) is 105 Å². The number of esters is 1. The minimum atomic E-state index is -0.439. The molecule has 258 valence electrons. The van der Waals surface area contributed by atoms with Crippen LogP contribution in [0.4, 0.5) is 5.69 Å². The summed E-state index contributed by atoms with van der Waals surface area (Å²) in [6.07, 6.45) is 8.52. The number of hydrogen-bond donors (Lipinski definition) is 1. The smallest absolute Gasteiger partial charge is 0.343 e. The molecule has 3 aromatic carbocycles. The number of anilines is 1. The molecule has 0 aliphatic carbocycles. The molecule has 3 aromatic rings. The van der Waals surface area contributed by atoms with Gasteiger partial charge in [0.15, 0.2) is 0 Å². The average molecular weight is 656 g/mol. The van der Waals surface area contributed by atoms with Crippen molar-refractivity contribution >= 4 is 23.5 Å². The number of hydrogen-bond acceptors (Lipinski definition) is 6. The first-order valence-corrected chi connectivity index (χ1v) is 17.7. The Morgan fingerprint density at radius 1 is 0.812 bits per heavy atom. The molecule has 1 N–H and O–H groups in total. The summed E-state index contributed by atoms with van der Waals surface area (Å²) in [5.41, 5.74) is 2.63. The van der Waals surface area contributed by atoms with Gasteiger partial charge in [0, 0.05) is 36.8 Å². The Kier molecular flexibility index (Phi) is 14.5. The van der Waals surface area contributed by atoms with Crippen molar-refractivity contribution in [2.24, 2.45) is 5.92 Å². The quantitative estimate of drug-likeness (QED) is 0.0893. The van der Waals surface area contributed by atoms with E-state index in [0.29, 0.717) is 60.6 Å². The third kappa shape index (κ3) is 11.5. The summed E-state index contributed by atoms with van der Waals surface area (Å²) in [4.78, 5) is 42.9. The van der Waals surface area contributed by atoms with Crippen molar-refractivity contribution in [3.8, 4) is 11.5 Å². The summed E-state index contributed by atoms with van der Waals surface area (Å²) in [6.45, 7) is 12.3. The predicted octanol–water partition coefficient (Wildman–Crippen LogP) is 8.37. The van der Waals surface area contributed by atoms with Crippen molar-refractivity contribution in [1.29, 1.82) is 0 Å². The number of benzene rings is 3. The molecule has 1 heterocycles. The topological polar surface area (TPSA) is 88.2 Å². The lowest BCUT2D eigenvalue weighted by Crippen LogP contribution is -2.39. The van der Waals surface area contributed by atoms with Crippen LogP contribution in [0.3, 0.4) is 0 Å². The maximum atomic E-state index is 13.3. The molecule has 0 atom stereocenters. The van der Waals surface area contributed by atoms with Crippen molar-refractivity contribution in [2.75, 3.05) is 31.6 Å². The van der Waals surface area contributed by atoms with E-state index < -0.39 is 5.97 Å². The highest BCUT2D eigenvalue weighted by molar-refractivity contribution is 5.96. The van der Waals surface area contributed by atoms with E-state index in [1.165, 1.54) is 19.3 Å². The first-order valence-electron chi connectivity index (χ1n) is 17.7. The van der Waals surface area contributed by atoms with Gasteiger partial charge in [0.05, 0.1) is 12.2 Å². The van der Waals surface area contributed by atoms with Crippen LogP contribution in [0.25, 0.3) is 0 Å².